The quantitative estimate of drug-likeness (QED) is 0.898. The minimum absolute atomic E-state index is 0.0111. The molecule has 2 atom stereocenters. The molecule has 0 saturated heterocycles. The number of nitrogens with one attached hydrogen (secondary N) is 1. The maximum Gasteiger partial charge on any atom is 0.247 e. The summed E-state index contributed by atoms with van der Waals surface area (Å²) in [5, 5.41) is 2.96. The van der Waals surface area contributed by atoms with E-state index < -0.39 is 6.04 Å². The lowest BCUT2D eigenvalue weighted by atomic mass is 9.92. The summed E-state index contributed by atoms with van der Waals surface area (Å²) in [7, 11) is 1.69. The lowest BCUT2D eigenvalue weighted by Gasteiger charge is -2.34. The molecule has 0 bridgehead atoms. The second-order valence-corrected chi connectivity index (χ2v) is 5.10. The zero-order valence-electron chi connectivity index (χ0n) is 11.6. The highest BCUT2D eigenvalue weighted by Crippen LogP contribution is 2.29. The monoisotopic (exact) mass is 260 g/mol. The molecular formula is C15H20N2O2. The Balaban J connectivity index is 2.32. The summed E-state index contributed by atoms with van der Waals surface area (Å²) in [6.07, 6.45) is 1.25. The van der Waals surface area contributed by atoms with Gasteiger partial charge in [-0.05, 0) is 24.5 Å². The SMILES string of the molecule is CC[C@@H](C)NC(=O)[C@@H]1c2ccccc2CC(=O)N1C. The number of likely N-dealkylation sites (N-methyl/N-ethyl adjacent to an activating group) is 1. The van der Waals surface area contributed by atoms with Crippen LogP contribution >= 0.6 is 0 Å². The van der Waals surface area contributed by atoms with Crippen molar-refractivity contribution in [3.63, 3.8) is 0 Å². The minimum Gasteiger partial charge on any atom is -0.352 e. The lowest BCUT2D eigenvalue weighted by Crippen LogP contribution is -2.47. The molecule has 102 valence electrons. The van der Waals surface area contributed by atoms with Crippen molar-refractivity contribution in [2.45, 2.75) is 38.8 Å². The van der Waals surface area contributed by atoms with Gasteiger partial charge in [0, 0.05) is 13.1 Å². The van der Waals surface area contributed by atoms with Crippen LogP contribution in [0.3, 0.4) is 0 Å². The van der Waals surface area contributed by atoms with Crippen LogP contribution in [-0.2, 0) is 16.0 Å². The molecule has 1 aromatic rings. The Morgan fingerprint density at radius 3 is 2.84 bits per heavy atom. The number of fused-ring (bicyclic) bond motifs is 1. The average Bonchev–Trinajstić information content (AvgIpc) is 2.39. The highest BCUT2D eigenvalue weighted by molar-refractivity contribution is 5.92. The van der Waals surface area contributed by atoms with E-state index in [0.717, 1.165) is 17.5 Å². The van der Waals surface area contributed by atoms with E-state index in [2.05, 4.69) is 5.32 Å². The third-order valence-electron chi connectivity index (χ3n) is 3.72. The Morgan fingerprint density at radius 2 is 2.16 bits per heavy atom. The van der Waals surface area contributed by atoms with Crippen molar-refractivity contribution < 1.29 is 9.59 Å². The van der Waals surface area contributed by atoms with Crippen LogP contribution in [0, 0.1) is 0 Å². The van der Waals surface area contributed by atoms with Crippen molar-refractivity contribution in [3.8, 4) is 0 Å². The molecular weight excluding hydrogens is 240 g/mol. The molecule has 0 aliphatic carbocycles. The van der Waals surface area contributed by atoms with Crippen LogP contribution in [0.1, 0.15) is 37.4 Å². The maximum atomic E-state index is 12.4. The molecule has 2 amide bonds. The highest BCUT2D eigenvalue weighted by atomic mass is 16.2. The van der Waals surface area contributed by atoms with Crippen molar-refractivity contribution in [2.75, 3.05) is 7.05 Å². The maximum absolute atomic E-state index is 12.4. The molecule has 1 heterocycles. The van der Waals surface area contributed by atoms with Gasteiger partial charge in [0.25, 0.3) is 0 Å². The van der Waals surface area contributed by atoms with E-state index in [9.17, 15) is 9.59 Å². The summed E-state index contributed by atoms with van der Waals surface area (Å²) in [5.41, 5.74) is 1.89. The molecule has 0 spiro atoms. The van der Waals surface area contributed by atoms with Crippen molar-refractivity contribution >= 4 is 11.8 Å². The molecule has 19 heavy (non-hydrogen) atoms. The molecule has 1 aliphatic heterocycles. The third-order valence-corrected chi connectivity index (χ3v) is 3.72. The zero-order chi connectivity index (χ0) is 14.0. The number of carbonyl (C=O) groups is 2. The minimum atomic E-state index is -0.508. The van der Waals surface area contributed by atoms with Gasteiger partial charge in [0.1, 0.15) is 6.04 Å². The smallest absolute Gasteiger partial charge is 0.247 e. The first kappa shape index (κ1) is 13.6. The number of hydrogen-bond acceptors (Lipinski definition) is 2. The van der Waals surface area contributed by atoms with E-state index in [4.69, 9.17) is 0 Å². The number of carbonyl (C=O) groups excluding carboxylic acids is 2. The van der Waals surface area contributed by atoms with Gasteiger partial charge in [-0.1, -0.05) is 31.2 Å². The van der Waals surface area contributed by atoms with Gasteiger partial charge in [-0.15, -0.1) is 0 Å². The van der Waals surface area contributed by atoms with E-state index >= 15 is 0 Å². The number of hydrogen-bond donors (Lipinski definition) is 1. The molecule has 0 saturated carbocycles. The third kappa shape index (κ3) is 2.62. The standard InChI is InChI=1S/C15H20N2O2/c1-4-10(2)16-15(19)14-12-8-6-5-7-11(12)9-13(18)17(14)3/h5-8,10,14H,4,9H2,1-3H3,(H,16,19)/t10-,14+/m1/s1. The Kier molecular flexibility index (Phi) is 3.88. The first-order chi connectivity index (χ1) is 9.04. The Bertz CT molecular complexity index is 499. The molecule has 1 N–H and O–H groups in total. The van der Waals surface area contributed by atoms with Gasteiger partial charge in [-0.3, -0.25) is 9.59 Å². The normalized spacial score (nSPS) is 19.8. The van der Waals surface area contributed by atoms with Gasteiger partial charge in [-0.2, -0.15) is 0 Å². The Labute approximate surface area is 113 Å². The molecule has 0 aromatic heterocycles. The van der Waals surface area contributed by atoms with Crippen LogP contribution in [0.2, 0.25) is 0 Å². The van der Waals surface area contributed by atoms with Crippen LogP contribution < -0.4 is 5.32 Å². The van der Waals surface area contributed by atoms with E-state index in [1.54, 1.807) is 11.9 Å². The summed E-state index contributed by atoms with van der Waals surface area (Å²) >= 11 is 0. The van der Waals surface area contributed by atoms with Gasteiger partial charge < -0.3 is 10.2 Å². The van der Waals surface area contributed by atoms with Crippen LogP contribution in [0.5, 0.6) is 0 Å². The summed E-state index contributed by atoms with van der Waals surface area (Å²) in [6, 6.07) is 7.27. The van der Waals surface area contributed by atoms with Gasteiger partial charge in [0.15, 0.2) is 0 Å². The highest BCUT2D eigenvalue weighted by Gasteiger charge is 2.34. The van der Waals surface area contributed by atoms with Crippen molar-refractivity contribution in [1.29, 1.82) is 0 Å². The lowest BCUT2D eigenvalue weighted by molar-refractivity contribution is -0.140. The zero-order valence-corrected chi connectivity index (χ0v) is 11.6. The van der Waals surface area contributed by atoms with Crippen LogP contribution in [0.4, 0.5) is 0 Å². The fourth-order valence-corrected chi connectivity index (χ4v) is 2.34. The molecule has 1 aliphatic rings. The van der Waals surface area contributed by atoms with Gasteiger partial charge >= 0.3 is 0 Å². The number of amides is 2. The average molecular weight is 260 g/mol. The van der Waals surface area contributed by atoms with Gasteiger partial charge in [0.2, 0.25) is 11.8 Å². The first-order valence-corrected chi connectivity index (χ1v) is 6.68. The van der Waals surface area contributed by atoms with Crippen molar-refractivity contribution in [2.24, 2.45) is 0 Å². The van der Waals surface area contributed by atoms with E-state index in [-0.39, 0.29) is 17.9 Å². The van der Waals surface area contributed by atoms with Crippen molar-refractivity contribution in [3.05, 3.63) is 35.4 Å². The molecule has 0 radical (unpaired) electrons. The topological polar surface area (TPSA) is 49.4 Å². The van der Waals surface area contributed by atoms with Crippen LogP contribution in [0.25, 0.3) is 0 Å². The fourth-order valence-electron chi connectivity index (χ4n) is 2.34. The van der Waals surface area contributed by atoms with E-state index in [1.165, 1.54) is 0 Å². The number of benzene rings is 1. The van der Waals surface area contributed by atoms with Gasteiger partial charge in [0.05, 0.1) is 6.42 Å². The Morgan fingerprint density at radius 1 is 1.47 bits per heavy atom. The predicted octanol–water partition coefficient (Wildman–Crippen LogP) is 1.66. The van der Waals surface area contributed by atoms with E-state index in [1.807, 2.05) is 38.1 Å². The van der Waals surface area contributed by atoms with Crippen LogP contribution in [0.15, 0.2) is 24.3 Å². The molecule has 4 heteroatoms. The predicted molar refractivity (Wildman–Crippen MR) is 73.6 cm³/mol. The summed E-state index contributed by atoms with van der Waals surface area (Å²) < 4.78 is 0. The summed E-state index contributed by atoms with van der Waals surface area (Å²) in [5.74, 6) is -0.111. The second-order valence-electron chi connectivity index (χ2n) is 5.10. The molecule has 1 aromatic carbocycles. The number of nitrogens with zero attached hydrogens (tertiary/aromatic N) is 1. The van der Waals surface area contributed by atoms with Crippen molar-refractivity contribution in [1.82, 2.24) is 10.2 Å². The Hall–Kier alpha value is -1.84. The fraction of sp³-hybridized carbons (Fsp3) is 0.467. The van der Waals surface area contributed by atoms with Gasteiger partial charge in [-0.25, -0.2) is 0 Å². The molecule has 0 fully saturated rings. The van der Waals surface area contributed by atoms with Crippen LogP contribution in [-0.4, -0.2) is 29.8 Å². The molecule has 0 unspecified atom stereocenters. The largest absolute Gasteiger partial charge is 0.352 e. The number of rotatable bonds is 3. The summed E-state index contributed by atoms with van der Waals surface area (Å²) in [4.78, 5) is 25.9. The second kappa shape index (κ2) is 5.43. The van der Waals surface area contributed by atoms with E-state index in [0.29, 0.717) is 6.42 Å². The first-order valence-electron chi connectivity index (χ1n) is 6.68. The molecule has 2 rings (SSSR count). The summed E-state index contributed by atoms with van der Waals surface area (Å²) in [6.45, 7) is 3.99. The molecule has 4 nitrogen and oxygen atoms in total.